The van der Waals surface area contributed by atoms with Gasteiger partial charge in [-0.05, 0) is 12.8 Å². The van der Waals surface area contributed by atoms with Crippen molar-refractivity contribution in [3.8, 4) is 0 Å². The third-order valence-electron chi connectivity index (χ3n) is 2.27. The van der Waals surface area contributed by atoms with Crippen molar-refractivity contribution in [3.05, 3.63) is 18.2 Å². The van der Waals surface area contributed by atoms with E-state index in [9.17, 15) is 0 Å². The monoisotopic (exact) mass is 181 g/mol. The molecule has 0 aliphatic carbocycles. The normalized spacial score (nSPS) is 19.1. The van der Waals surface area contributed by atoms with Gasteiger partial charge in [0.2, 0.25) is 0 Å². The lowest BCUT2D eigenvalue weighted by Gasteiger charge is -2.25. The van der Waals surface area contributed by atoms with Gasteiger partial charge in [-0.2, -0.15) is 5.06 Å². The lowest BCUT2D eigenvalue weighted by atomic mass is 10.2. The van der Waals surface area contributed by atoms with E-state index in [4.69, 9.17) is 4.84 Å². The van der Waals surface area contributed by atoms with Gasteiger partial charge in [0, 0.05) is 13.1 Å². The van der Waals surface area contributed by atoms with Crippen LogP contribution in [0.25, 0.3) is 0 Å². The van der Waals surface area contributed by atoms with E-state index < -0.39 is 0 Å². The minimum atomic E-state index is 0.611. The molecule has 0 radical (unpaired) electrons. The second-order valence-electron chi connectivity index (χ2n) is 3.34. The van der Waals surface area contributed by atoms with Gasteiger partial charge in [0.15, 0.2) is 0 Å². The minimum Gasteiger partial charge on any atom is -0.347 e. The SMILES string of the molecule is c1ncc(CON2CCCCC2)[nH]1. The van der Waals surface area contributed by atoms with Crippen molar-refractivity contribution in [1.82, 2.24) is 15.0 Å². The first-order chi connectivity index (χ1) is 6.45. The lowest BCUT2D eigenvalue weighted by molar-refractivity contribution is -0.179. The molecule has 0 aromatic carbocycles. The highest BCUT2D eigenvalue weighted by Crippen LogP contribution is 2.09. The summed E-state index contributed by atoms with van der Waals surface area (Å²) in [5, 5.41) is 2.05. The van der Waals surface area contributed by atoms with Crippen molar-refractivity contribution in [2.24, 2.45) is 0 Å². The van der Waals surface area contributed by atoms with Crippen molar-refractivity contribution in [1.29, 1.82) is 0 Å². The molecule has 1 saturated heterocycles. The fourth-order valence-corrected chi connectivity index (χ4v) is 1.52. The molecule has 72 valence electrons. The summed E-state index contributed by atoms with van der Waals surface area (Å²) in [5.41, 5.74) is 1.03. The maximum absolute atomic E-state index is 5.59. The fraction of sp³-hybridized carbons (Fsp3) is 0.667. The Bertz CT molecular complexity index is 229. The highest BCUT2D eigenvalue weighted by Gasteiger charge is 2.10. The number of piperidine rings is 1. The molecule has 1 N–H and O–H groups in total. The van der Waals surface area contributed by atoms with E-state index in [1.54, 1.807) is 12.5 Å². The summed E-state index contributed by atoms with van der Waals surface area (Å²) in [7, 11) is 0. The van der Waals surface area contributed by atoms with Crippen LogP contribution in [0.3, 0.4) is 0 Å². The Kier molecular flexibility index (Phi) is 2.94. The Hall–Kier alpha value is -0.870. The molecule has 1 aliphatic rings. The Labute approximate surface area is 77.9 Å². The van der Waals surface area contributed by atoms with Crippen LogP contribution in [-0.2, 0) is 11.4 Å². The van der Waals surface area contributed by atoms with Crippen LogP contribution in [0.1, 0.15) is 25.0 Å². The van der Waals surface area contributed by atoms with Gasteiger partial charge in [-0.3, -0.25) is 4.84 Å². The van der Waals surface area contributed by atoms with Crippen molar-refractivity contribution in [3.63, 3.8) is 0 Å². The molecule has 2 rings (SSSR count). The van der Waals surface area contributed by atoms with Crippen molar-refractivity contribution in [2.75, 3.05) is 13.1 Å². The van der Waals surface area contributed by atoms with E-state index in [2.05, 4.69) is 9.97 Å². The molecule has 0 amide bonds. The van der Waals surface area contributed by atoms with Crippen LogP contribution in [0.15, 0.2) is 12.5 Å². The minimum absolute atomic E-state index is 0.611. The molecule has 13 heavy (non-hydrogen) atoms. The summed E-state index contributed by atoms with van der Waals surface area (Å²) >= 11 is 0. The molecule has 0 saturated carbocycles. The van der Waals surface area contributed by atoms with E-state index >= 15 is 0 Å². The molecule has 1 aromatic heterocycles. The summed E-state index contributed by atoms with van der Waals surface area (Å²) in [5.74, 6) is 0. The predicted octanol–water partition coefficient (Wildman–Crippen LogP) is 1.33. The number of nitrogens with one attached hydrogen (secondary N) is 1. The van der Waals surface area contributed by atoms with E-state index in [0.29, 0.717) is 6.61 Å². The number of aromatic nitrogens is 2. The topological polar surface area (TPSA) is 41.1 Å². The molecule has 0 bridgehead atoms. The van der Waals surface area contributed by atoms with Crippen molar-refractivity contribution < 1.29 is 4.84 Å². The molecule has 4 nitrogen and oxygen atoms in total. The summed E-state index contributed by atoms with van der Waals surface area (Å²) < 4.78 is 0. The molecule has 0 spiro atoms. The van der Waals surface area contributed by atoms with Gasteiger partial charge in [-0.25, -0.2) is 4.98 Å². The van der Waals surface area contributed by atoms with Crippen LogP contribution in [0.4, 0.5) is 0 Å². The summed E-state index contributed by atoms with van der Waals surface area (Å²) in [4.78, 5) is 12.5. The standard InChI is InChI=1S/C9H15N3O/c1-2-4-12(5-3-1)13-7-9-6-10-8-11-9/h6,8H,1-5,7H2,(H,10,11). The van der Waals surface area contributed by atoms with E-state index in [-0.39, 0.29) is 0 Å². The number of hydrogen-bond donors (Lipinski definition) is 1. The molecule has 2 heterocycles. The highest BCUT2D eigenvalue weighted by molar-refractivity contribution is 4.91. The maximum Gasteiger partial charge on any atom is 0.110 e. The van der Waals surface area contributed by atoms with Gasteiger partial charge < -0.3 is 4.98 Å². The van der Waals surface area contributed by atoms with Crippen molar-refractivity contribution >= 4 is 0 Å². The van der Waals surface area contributed by atoms with Gasteiger partial charge in [-0.1, -0.05) is 6.42 Å². The van der Waals surface area contributed by atoms with Crippen LogP contribution >= 0.6 is 0 Å². The first kappa shape index (κ1) is 8.72. The Balaban J connectivity index is 1.72. The van der Waals surface area contributed by atoms with Gasteiger partial charge in [0.25, 0.3) is 0 Å². The van der Waals surface area contributed by atoms with Gasteiger partial charge in [0.05, 0.1) is 18.2 Å². The van der Waals surface area contributed by atoms with Crippen LogP contribution in [0.5, 0.6) is 0 Å². The number of rotatable bonds is 3. The largest absolute Gasteiger partial charge is 0.347 e. The Morgan fingerprint density at radius 2 is 2.23 bits per heavy atom. The number of nitrogens with zero attached hydrogens (tertiary/aromatic N) is 2. The second-order valence-corrected chi connectivity index (χ2v) is 3.34. The van der Waals surface area contributed by atoms with E-state index in [1.165, 1.54) is 19.3 Å². The third-order valence-corrected chi connectivity index (χ3v) is 2.27. The number of aromatic amines is 1. The molecule has 1 aliphatic heterocycles. The summed E-state index contributed by atoms with van der Waals surface area (Å²) in [6.45, 7) is 2.74. The lowest BCUT2D eigenvalue weighted by Crippen LogP contribution is -2.29. The number of H-pyrrole nitrogens is 1. The van der Waals surface area contributed by atoms with Crippen LogP contribution < -0.4 is 0 Å². The Morgan fingerprint density at radius 3 is 2.92 bits per heavy atom. The van der Waals surface area contributed by atoms with Gasteiger partial charge in [0.1, 0.15) is 6.61 Å². The van der Waals surface area contributed by atoms with E-state index in [1.807, 2.05) is 5.06 Å². The maximum atomic E-state index is 5.59. The van der Waals surface area contributed by atoms with E-state index in [0.717, 1.165) is 18.8 Å². The van der Waals surface area contributed by atoms with Crippen LogP contribution in [0, 0.1) is 0 Å². The second kappa shape index (κ2) is 4.39. The molecule has 0 atom stereocenters. The smallest absolute Gasteiger partial charge is 0.110 e. The molecule has 1 aromatic rings. The summed E-state index contributed by atoms with van der Waals surface area (Å²) in [6.07, 6.45) is 7.31. The Morgan fingerprint density at radius 1 is 1.38 bits per heavy atom. The van der Waals surface area contributed by atoms with Crippen LogP contribution in [-0.4, -0.2) is 28.1 Å². The summed E-state index contributed by atoms with van der Waals surface area (Å²) in [6, 6.07) is 0. The predicted molar refractivity (Wildman–Crippen MR) is 48.8 cm³/mol. The van der Waals surface area contributed by atoms with Crippen molar-refractivity contribution in [2.45, 2.75) is 25.9 Å². The quantitative estimate of drug-likeness (QED) is 0.764. The van der Waals surface area contributed by atoms with Crippen LogP contribution in [0.2, 0.25) is 0 Å². The number of hydroxylamine groups is 2. The molecule has 0 unspecified atom stereocenters. The zero-order valence-electron chi connectivity index (χ0n) is 7.70. The first-order valence-corrected chi connectivity index (χ1v) is 4.80. The third kappa shape index (κ3) is 2.54. The number of imidazole rings is 1. The molecular weight excluding hydrogens is 166 g/mol. The molecule has 4 heteroatoms. The highest BCUT2D eigenvalue weighted by atomic mass is 16.7. The number of hydrogen-bond acceptors (Lipinski definition) is 3. The molecule has 1 fully saturated rings. The zero-order valence-corrected chi connectivity index (χ0v) is 7.70. The van der Waals surface area contributed by atoms with Gasteiger partial charge >= 0.3 is 0 Å². The van der Waals surface area contributed by atoms with Gasteiger partial charge in [-0.15, -0.1) is 0 Å². The molecular formula is C9H15N3O. The fourth-order valence-electron chi connectivity index (χ4n) is 1.52. The zero-order chi connectivity index (χ0) is 8.93. The average molecular weight is 181 g/mol. The first-order valence-electron chi connectivity index (χ1n) is 4.80. The average Bonchev–Trinajstić information content (AvgIpc) is 2.69.